The van der Waals surface area contributed by atoms with Crippen LogP contribution in [0.1, 0.15) is 26.8 Å². The van der Waals surface area contributed by atoms with Gasteiger partial charge in [0.05, 0.1) is 22.7 Å². The number of fused-ring (bicyclic) bond motifs is 1. The third kappa shape index (κ3) is 4.91. The van der Waals surface area contributed by atoms with Gasteiger partial charge in [-0.3, -0.25) is 4.79 Å². The fraction of sp³-hybridized carbons (Fsp3) is 0.350. The Kier molecular flexibility index (Phi) is 6.96. The van der Waals surface area contributed by atoms with Gasteiger partial charge in [-0.15, -0.1) is 23.7 Å². The first kappa shape index (κ1) is 22.9. The summed E-state index contributed by atoms with van der Waals surface area (Å²) in [6.45, 7) is 2.24. The summed E-state index contributed by atoms with van der Waals surface area (Å²) in [7, 11) is 0. The smallest absolute Gasteiger partial charge is 0.266 e. The average molecular weight is 471 g/mol. The molecule has 0 saturated carbocycles. The first-order chi connectivity index (χ1) is 13.8. The third-order valence-corrected chi connectivity index (χ3v) is 6.91. The van der Waals surface area contributed by atoms with E-state index in [1.165, 1.54) is 23.1 Å². The number of thiophene rings is 1. The summed E-state index contributed by atoms with van der Waals surface area (Å²) in [6.07, 6.45) is -0.142. The summed E-state index contributed by atoms with van der Waals surface area (Å²) in [4.78, 5) is 24.8. The van der Waals surface area contributed by atoms with Gasteiger partial charge in [0, 0.05) is 35.5 Å². The molecule has 1 saturated heterocycles. The highest BCUT2D eigenvalue weighted by molar-refractivity contribution is 8.00. The number of hydrogen-bond acceptors (Lipinski definition) is 7. The molecule has 4 rings (SSSR count). The predicted octanol–water partition coefficient (Wildman–Crippen LogP) is 4.70. The predicted molar refractivity (Wildman–Crippen MR) is 121 cm³/mol. The Morgan fingerprint density at radius 1 is 1.30 bits per heavy atom. The molecule has 3 heterocycles. The lowest BCUT2D eigenvalue weighted by Gasteiger charge is -2.19. The zero-order valence-electron chi connectivity index (χ0n) is 16.2. The lowest BCUT2D eigenvalue weighted by Crippen LogP contribution is -2.24. The van der Waals surface area contributed by atoms with Crippen LogP contribution in [0, 0.1) is 6.92 Å². The number of thioether (sulfide) groups is 1. The summed E-state index contributed by atoms with van der Waals surface area (Å²) >= 11 is 2.75. The minimum atomic E-state index is -2.66. The van der Waals surface area contributed by atoms with Crippen molar-refractivity contribution in [2.45, 2.75) is 30.8 Å². The molecule has 0 unspecified atom stereocenters. The first-order valence-electron chi connectivity index (χ1n) is 9.20. The number of hydrogen-bond donors (Lipinski definition) is 1. The van der Waals surface area contributed by atoms with Gasteiger partial charge in [0.1, 0.15) is 10.9 Å². The molecule has 1 aromatic carbocycles. The maximum atomic E-state index is 13.6. The van der Waals surface area contributed by atoms with Gasteiger partial charge in [-0.2, -0.15) is 0 Å². The molecular weight excluding hydrogens is 450 g/mol. The Bertz CT molecular complexity index is 1080. The number of aryl methyl sites for hydroxylation is 1. The maximum absolute atomic E-state index is 13.6. The maximum Gasteiger partial charge on any atom is 0.266 e. The summed E-state index contributed by atoms with van der Waals surface area (Å²) in [6, 6.07) is 9.15. The average Bonchev–Trinajstić information content (AvgIpc) is 3.31. The largest absolute Gasteiger partial charge is 0.365 e. The molecule has 3 aromatic rings. The van der Waals surface area contributed by atoms with Crippen LogP contribution in [0.3, 0.4) is 0 Å². The van der Waals surface area contributed by atoms with Crippen molar-refractivity contribution in [1.82, 2.24) is 9.97 Å². The number of alkyl halides is 2. The zero-order valence-corrected chi connectivity index (χ0v) is 18.7. The number of benzene rings is 1. The minimum absolute atomic E-state index is 0. The van der Waals surface area contributed by atoms with Gasteiger partial charge < -0.3 is 10.6 Å². The van der Waals surface area contributed by atoms with Crippen molar-refractivity contribution < 1.29 is 13.6 Å². The Hall–Kier alpha value is -1.81. The summed E-state index contributed by atoms with van der Waals surface area (Å²) in [5.74, 6) is -1.80. The van der Waals surface area contributed by atoms with Crippen LogP contribution in [0.2, 0.25) is 0 Å². The van der Waals surface area contributed by atoms with Crippen LogP contribution in [-0.4, -0.2) is 40.5 Å². The third-order valence-electron chi connectivity index (χ3n) is 4.77. The fourth-order valence-electron chi connectivity index (χ4n) is 3.30. The van der Waals surface area contributed by atoms with E-state index in [4.69, 9.17) is 5.73 Å². The van der Waals surface area contributed by atoms with E-state index >= 15 is 0 Å². The number of nitrogens with zero attached hydrogens (tertiary/aromatic N) is 3. The van der Waals surface area contributed by atoms with E-state index < -0.39 is 5.92 Å². The molecule has 1 aliphatic rings. The quantitative estimate of drug-likeness (QED) is 0.320. The Morgan fingerprint density at radius 3 is 2.77 bits per heavy atom. The molecule has 0 amide bonds. The van der Waals surface area contributed by atoms with Crippen LogP contribution in [0.25, 0.3) is 10.9 Å². The highest BCUT2D eigenvalue weighted by atomic mass is 35.5. The molecule has 0 aliphatic carbocycles. The molecule has 2 aromatic heterocycles. The molecular formula is C20H21ClF2N4OS2. The number of halogens is 3. The second kappa shape index (κ2) is 9.13. The van der Waals surface area contributed by atoms with E-state index in [0.717, 1.165) is 21.5 Å². The fourth-order valence-corrected chi connectivity index (χ4v) is 5.16. The van der Waals surface area contributed by atoms with E-state index in [1.54, 1.807) is 17.9 Å². The topological polar surface area (TPSA) is 72.1 Å². The van der Waals surface area contributed by atoms with Crippen molar-refractivity contribution in [3.63, 3.8) is 0 Å². The molecule has 0 radical (unpaired) electrons. The summed E-state index contributed by atoms with van der Waals surface area (Å²) < 4.78 is 27.2. The molecule has 30 heavy (non-hydrogen) atoms. The molecule has 5 nitrogen and oxygen atoms in total. The molecule has 10 heteroatoms. The number of carbonyl (C=O) groups excluding carboxylic acids is 1. The highest BCUT2D eigenvalue weighted by Crippen LogP contribution is 2.34. The van der Waals surface area contributed by atoms with Crippen molar-refractivity contribution in [1.29, 1.82) is 0 Å². The number of ketones is 1. The molecule has 1 fully saturated rings. The Balaban J connectivity index is 0.00000256. The van der Waals surface area contributed by atoms with E-state index in [2.05, 4.69) is 9.97 Å². The molecule has 2 N–H and O–H groups in total. The Morgan fingerprint density at radius 2 is 2.10 bits per heavy atom. The highest BCUT2D eigenvalue weighted by Gasteiger charge is 2.38. The van der Waals surface area contributed by atoms with Gasteiger partial charge in [-0.25, -0.2) is 18.7 Å². The van der Waals surface area contributed by atoms with Gasteiger partial charge in [0.25, 0.3) is 5.92 Å². The monoisotopic (exact) mass is 470 g/mol. The van der Waals surface area contributed by atoms with Crippen LogP contribution in [0.4, 0.5) is 14.5 Å². The van der Waals surface area contributed by atoms with E-state index in [0.29, 0.717) is 28.8 Å². The van der Waals surface area contributed by atoms with Crippen molar-refractivity contribution in [3.05, 3.63) is 45.9 Å². The van der Waals surface area contributed by atoms with Gasteiger partial charge in [-0.05, 0) is 37.3 Å². The SMILES string of the molecule is Cc1nc(SCC(=O)c2ccc(CN)s2)c2cc(N3CCC(F)(F)C3)ccc2n1.Cl. The molecule has 0 atom stereocenters. The molecule has 1 aliphatic heterocycles. The molecule has 0 spiro atoms. The van der Waals surface area contributed by atoms with Gasteiger partial charge in [0.2, 0.25) is 0 Å². The minimum Gasteiger partial charge on any atom is -0.365 e. The first-order valence-corrected chi connectivity index (χ1v) is 11.0. The number of aromatic nitrogens is 2. The number of nitrogens with two attached hydrogens (primary N) is 1. The van der Waals surface area contributed by atoms with Crippen LogP contribution in [-0.2, 0) is 6.54 Å². The zero-order chi connectivity index (χ0) is 20.6. The van der Waals surface area contributed by atoms with Crippen molar-refractivity contribution in [3.8, 4) is 0 Å². The van der Waals surface area contributed by atoms with E-state index in [1.807, 2.05) is 24.3 Å². The standard InChI is InChI=1S/C20H20F2N4OS2.ClH/c1-12-24-16-4-2-13(26-7-6-20(21,22)11-26)8-15(16)19(25-12)28-10-17(27)18-5-3-14(9-23)29-18;/h2-5,8H,6-7,9-11,23H2,1H3;1H. The van der Waals surface area contributed by atoms with Crippen LogP contribution < -0.4 is 10.6 Å². The van der Waals surface area contributed by atoms with Gasteiger partial charge in [0.15, 0.2) is 5.78 Å². The normalized spacial score (nSPS) is 15.4. The molecule has 160 valence electrons. The van der Waals surface area contributed by atoms with Crippen molar-refractivity contribution >= 4 is 57.9 Å². The number of carbonyl (C=O) groups is 1. The Labute approximate surface area is 187 Å². The lowest BCUT2D eigenvalue weighted by molar-refractivity contribution is 0.0257. The number of anilines is 1. The van der Waals surface area contributed by atoms with E-state index in [-0.39, 0.29) is 36.9 Å². The molecule has 0 bridgehead atoms. The summed E-state index contributed by atoms with van der Waals surface area (Å²) in [5.41, 5.74) is 7.08. The van der Waals surface area contributed by atoms with Gasteiger partial charge in [-0.1, -0.05) is 11.8 Å². The number of rotatable bonds is 6. The van der Waals surface area contributed by atoms with Crippen molar-refractivity contribution in [2.75, 3.05) is 23.7 Å². The number of Topliss-reactive ketones (excluding diaryl/α,β-unsaturated/α-hetero) is 1. The van der Waals surface area contributed by atoms with Crippen molar-refractivity contribution in [2.24, 2.45) is 5.73 Å². The summed E-state index contributed by atoms with van der Waals surface area (Å²) in [5, 5.41) is 1.46. The lowest BCUT2D eigenvalue weighted by atomic mass is 10.2. The van der Waals surface area contributed by atoms with E-state index in [9.17, 15) is 13.6 Å². The second-order valence-corrected chi connectivity index (χ2v) is 9.12. The van der Waals surface area contributed by atoms with Gasteiger partial charge >= 0.3 is 0 Å². The second-order valence-electron chi connectivity index (χ2n) is 6.99. The van der Waals surface area contributed by atoms with Crippen LogP contribution >= 0.6 is 35.5 Å². The van der Waals surface area contributed by atoms with Crippen LogP contribution in [0.15, 0.2) is 35.4 Å². The van der Waals surface area contributed by atoms with Crippen LogP contribution in [0.5, 0.6) is 0 Å².